The van der Waals surface area contributed by atoms with Crippen molar-refractivity contribution in [1.82, 2.24) is 0 Å². The molecule has 17 heavy (non-hydrogen) atoms. The molecule has 1 aliphatic carbocycles. The summed E-state index contributed by atoms with van der Waals surface area (Å²) in [4.78, 5) is 0. The van der Waals surface area contributed by atoms with Crippen molar-refractivity contribution >= 4 is 0 Å². The van der Waals surface area contributed by atoms with E-state index in [-0.39, 0.29) is 5.54 Å². The molecule has 0 saturated heterocycles. The molecule has 0 amide bonds. The van der Waals surface area contributed by atoms with E-state index in [1.807, 2.05) is 0 Å². The molecule has 0 bridgehead atoms. The third kappa shape index (κ3) is 7.02. The lowest BCUT2D eigenvalue weighted by atomic mass is 9.83. The fourth-order valence-corrected chi connectivity index (χ4v) is 2.21. The monoisotopic (exact) mass is 243 g/mol. The zero-order valence-electron chi connectivity index (χ0n) is 11.5. The van der Waals surface area contributed by atoms with Crippen molar-refractivity contribution in [2.75, 3.05) is 26.4 Å². The average Bonchev–Trinajstić information content (AvgIpc) is 2.28. The van der Waals surface area contributed by atoms with E-state index < -0.39 is 0 Å². The first-order chi connectivity index (χ1) is 8.12. The van der Waals surface area contributed by atoms with Crippen molar-refractivity contribution in [3.63, 3.8) is 0 Å². The quantitative estimate of drug-likeness (QED) is 0.667. The molecule has 1 rings (SSSR count). The molecule has 0 aromatic rings. The SMILES string of the molecule is CC(C)CCOCCOCC1(N)CCCCC1. The van der Waals surface area contributed by atoms with Gasteiger partial charge in [0.25, 0.3) is 0 Å². The Labute approximate surface area is 106 Å². The smallest absolute Gasteiger partial charge is 0.0701 e. The maximum atomic E-state index is 6.27. The highest BCUT2D eigenvalue weighted by molar-refractivity contribution is 4.86. The molecule has 0 heterocycles. The Hall–Kier alpha value is -0.120. The van der Waals surface area contributed by atoms with E-state index in [1.54, 1.807) is 0 Å². The van der Waals surface area contributed by atoms with Gasteiger partial charge in [-0.2, -0.15) is 0 Å². The maximum Gasteiger partial charge on any atom is 0.0701 e. The van der Waals surface area contributed by atoms with E-state index in [4.69, 9.17) is 15.2 Å². The summed E-state index contributed by atoms with van der Waals surface area (Å²) in [5.74, 6) is 0.713. The molecule has 1 saturated carbocycles. The van der Waals surface area contributed by atoms with Crippen molar-refractivity contribution in [1.29, 1.82) is 0 Å². The molecule has 0 unspecified atom stereocenters. The minimum Gasteiger partial charge on any atom is -0.379 e. The van der Waals surface area contributed by atoms with Gasteiger partial charge >= 0.3 is 0 Å². The molecule has 0 radical (unpaired) electrons. The highest BCUT2D eigenvalue weighted by Crippen LogP contribution is 2.25. The van der Waals surface area contributed by atoms with Gasteiger partial charge in [-0.25, -0.2) is 0 Å². The van der Waals surface area contributed by atoms with Gasteiger partial charge in [-0.05, 0) is 25.2 Å². The summed E-state index contributed by atoms with van der Waals surface area (Å²) in [6.07, 6.45) is 7.19. The zero-order valence-corrected chi connectivity index (χ0v) is 11.5. The molecular formula is C14H29NO2. The van der Waals surface area contributed by atoms with Gasteiger partial charge in [-0.3, -0.25) is 0 Å². The van der Waals surface area contributed by atoms with Crippen molar-refractivity contribution in [2.24, 2.45) is 11.7 Å². The van der Waals surface area contributed by atoms with Gasteiger partial charge in [0, 0.05) is 12.1 Å². The third-order valence-corrected chi connectivity index (χ3v) is 3.45. The second kappa shape index (κ2) is 8.06. The molecule has 102 valence electrons. The fraction of sp³-hybridized carbons (Fsp3) is 1.00. The van der Waals surface area contributed by atoms with Crippen molar-refractivity contribution < 1.29 is 9.47 Å². The van der Waals surface area contributed by atoms with Crippen LogP contribution in [0.5, 0.6) is 0 Å². The van der Waals surface area contributed by atoms with Crippen LogP contribution in [0.25, 0.3) is 0 Å². The summed E-state index contributed by atoms with van der Waals surface area (Å²) in [7, 11) is 0. The first-order valence-corrected chi connectivity index (χ1v) is 7.07. The predicted octanol–water partition coefficient (Wildman–Crippen LogP) is 2.73. The minimum absolute atomic E-state index is 0.0593. The normalized spacial score (nSPS) is 19.8. The van der Waals surface area contributed by atoms with Gasteiger partial charge in [0.2, 0.25) is 0 Å². The molecule has 2 N–H and O–H groups in total. The highest BCUT2D eigenvalue weighted by Gasteiger charge is 2.27. The van der Waals surface area contributed by atoms with Crippen LogP contribution in [0.4, 0.5) is 0 Å². The number of hydrogen-bond acceptors (Lipinski definition) is 3. The molecule has 1 aliphatic rings. The summed E-state index contributed by atoms with van der Waals surface area (Å²) < 4.78 is 11.1. The van der Waals surface area contributed by atoms with Crippen LogP contribution in [0.15, 0.2) is 0 Å². The number of ether oxygens (including phenoxy) is 2. The van der Waals surface area contributed by atoms with Crippen LogP contribution in [0, 0.1) is 5.92 Å². The van der Waals surface area contributed by atoms with Crippen molar-refractivity contribution in [2.45, 2.75) is 57.9 Å². The third-order valence-electron chi connectivity index (χ3n) is 3.45. The molecule has 1 fully saturated rings. The first kappa shape index (κ1) is 14.9. The molecule has 0 spiro atoms. The van der Waals surface area contributed by atoms with Gasteiger partial charge in [0.1, 0.15) is 0 Å². The van der Waals surface area contributed by atoms with E-state index >= 15 is 0 Å². The van der Waals surface area contributed by atoms with Crippen LogP contribution >= 0.6 is 0 Å². The van der Waals surface area contributed by atoms with Gasteiger partial charge in [0.15, 0.2) is 0 Å². The van der Waals surface area contributed by atoms with E-state index in [1.165, 1.54) is 19.3 Å². The average molecular weight is 243 g/mol. The van der Waals surface area contributed by atoms with Crippen LogP contribution in [0.1, 0.15) is 52.4 Å². The van der Waals surface area contributed by atoms with Crippen LogP contribution in [-0.4, -0.2) is 32.0 Å². The molecule has 0 aliphatic heterocycles. The molecule has 3 heteroatoms. The predicted molar refractivity (Wildman–Crippen MR) is 71.1 cm³/mol. The molecule has 3 nitrogen and oxygen atoms in total. The Bertz CT molecular complexity index is 189. The van der Waals surface area contributed by atoms with Crippen LogP contribution in [-0.2, 0) is 9.47 Å². The van der Waals surface area contributed by atoms with Gasteiger partial charge < -0.3 is 15.2 Å². The summed E-state index contributed by atoms with van der Waals surface area (Å²) >= 11 is 0. The van der Waals surface area contributed by atoms with Gasteiger partial charge in [-0.15, -0.1) is 0 Å². The summed E-state index contributed by atoms with van der Waals surface area (Å²) in [6, 6.07) is 0. The van der Waals surface area contributed by atoms with Crippen LogP contribution in [0.3, 0.4) is 0 Å². The van der Waals surface area contributed by atoms with Crippen LogP contribution < -0.4 is 5.73 Å². The van der Waals surface area contributed by atoms with E-state index in [0.29, 0.717) is 25.7 Å². The van der Waals surface area contributed by atoms with E-state index in [9.17, 15) is 0 Å². The number of nitrogens with two attached hydrogens (primary N) is 1. The minimum atomic E-state index is -0.0593. The van der Waals surface area contributed by atoms with E-state index in [0.717, 1.165) is 25.9 Å². The fourth-order valence-electron chi connectivity index (χ4n) is 2.21. The Morgan fingerprint density at radius 2 is 1.65 bits per heavy atom. The summed E-state index contributed by atoms with van der Waals surface area (Å²) in [5.41, 5.74) is 6.21. The number of hydrogen-bond donors (Lipinski definition) is 1. The molecule has 0 aromatic heterocycles. The lowest BCUT2D eigenvalue weighted by Crippen LogP contribution is -2.46. The lowest BCUT2D eigenvalue weighted by Gasteiger charge is -2.32. The Kier molecular flexibility index (Phi) is 7.09. The second-order valence-corrected chi connectivity index (χ2v) is 5.77. The second-order valence-electron chi connectivity index (χ2n) is 5.77. The van der Waals surface area contributed by atoms with Crippen molar-refractivity contribution in [3.05, 3.63) is 0 Å². The standard InChI is InChI=1S/C14H29NO2/c1-13(2)6-9-16-10-11-17-12-14(15)7-4-3-5-8-14/h13H,3-12,15H2,1-2H3. The van der Waals surface area contributed by atoms with Gasteiger partial charge in [0.05, 0.1) is 19.8 Å². The Morgan fingerprint density at radius 3 is 2.29 bits per heavy atom. The Balaban J connectivity index is 1.93. The van der Waals surface area contributed by atoms with E-state index in [2.05, 4.69) is 13.8 Å². The summed E-state index contributed by atoms with van der Waals surface area (Å²) in [5, 5.41) is 0. The molecular weight excluding hydrogens is 214 g/mol. The Morgan fingerprint density at radius 1 is 1.00 bits per heavy atom. The topological polar surface area (TPSA) is 44.5 Å². The summed E-state index contributed by atoms with van der Waals surface area (Å²) in [6.45, 7) is 7.33. The lowest BCUT2D eigenvalue weighted by molar-refractivity contribution is 0.0174. The highest BCUT2D eigenvalue weighted by atomic mass is 16.5. The molecule has 0 aromatic carbocycles. The maximum absolute atomic E-state index is 6.27. The number of rotatable bonds is 8. The van der Waals surface area contributed by atoms with Gasteiger partial charge in [-0.1, -0.05) is 33.1 Å². The largest absolute Gasteiger partial charge is 0.379 e. The molecule has 0 atom stereocenters. The van der Waals surface area contributed by atoms with Crippen LogP contribution in [0.2, 0.25) is 0 Å². The van der Waals surface area contributed by atoms with Crippen molar-refractivity contribution in [3.8, 4) is 0 Å². The zero-order chi connectivity index (χ0) is 12.6. The first-order valence-electron chi connectivity index (χ1n) is 7.07.